The van der Waals surface area contributed by atoms with Crippen LogP contribution in [0.5, 0.6) is 0 Å². The smallest absolute Gasteiger partial charge is 0.0127 e. The Kier molecular flexibility index (Phi) is 6.09. The largest absolute Gasteiger partial charge is 0.313 e. The topological polar surface area (TPSA) is 12.0 Å². The standard InChI is InChI=1S/C19H31N/c1-3-16-20-18(19(4-2)14-8-9-15-19)13-12-17-10-6-5-7-11-17/h5-7,10-11,18,20H,3-4,8-9,12-16H2,1-2H3. The Bertz CT molecular complexity index is 365. The number of hydrogen-bond donors (Lipinski definition) is 1. The second-order valence-electron chi connectivity index (χ2n) is 6.45. The summed E-state index contributed by atoms with van der Waals surface area (Å²) in [6.07, 6.45) is 10.8. The van der Waals surface area contributed by atoms with Gasteiger partial charge in [0.05, 0.1) is 0 Å². The number of rotatable bonds is 8. The third kappa shape index (κ3) is 3.85. The molecule has 2 rings (SSSR count). The van der Waals surface area contributed by atoms with E-state index in [9.17, 15) is 0 Å². The van der Waals surface area contributed by atoms with Gasteiger partial charge in [-0.3, -0.25) is 0 Å². The summed E-state index contributed by atoms with van der Waals surface area (Å²) < 4.78 is 0. The zero-order valence-corrected chi connectivity index (χ0v) is 13.3. The lowest BCUT2D eigenvalue weighted by Crippen LogP contribution is -2.44. The molecule has 0 heterocycles. The average Bonchev–Trinajstić information content (AvgIpc) is 2.98. The summed E-state index contributed by atoms with van der Waals surface area (Å²) in [6.45, 7) is 5.84. The Morgan fingerprint density at radius 3 is 2.40 bits per heavy atom. The first kappa shape index (κ1) is 15.6. The van der Waals surface area contributed by atoms with E-state index in [2.05, 4.69) is 49.5 Å². The van der Waals surface area contributed by atoms with Crippen LogP contribution in [0.15, 0.2) is 30.3 Å². The fraction of sp³-hybridized carbons (Fsp3) is 0.684. The van der Waals surface area contributed by atoms with Crippen molar-refractivity contribution in [2.75, 3.05) is 6.54 Å². The first-order valence-corrected chi connectivity index (χ1v) is 8.58. The van der Waals surface area contributed by atoms with Crippen LogP contribution in [0.2, 0.25) is 0 Å². The minimum Gasteiger partial charge on any atom is -0.313 e. The molecule has 1 fully saturated rings. The van der Waals surface area contributed by atoms with E-state index in [4.69, 9.17) is 0 Å². The van der Waals surface area contributed by atoms with E-state index in [0.717, 1.165) is 0 Å². The molecule has 1 aliphatic rings. The Morgan fingerprint density at radius 2 is 1.80 bits per heavy atom. The zero-order chi connectivity index (χ0) is 14.3. The summed E-state index contributed by atoms with van der Waals surface area (Å²) in [5.41, 5.74) is 2.06. The molecule has 0 spiro atoms. The molecule has 1 unspecified atom stereocenters. The molecular formula is C19H31N. The number of hydrogen-bond acceptors (Lipinski definition) is 1. The van der Waals surface area contributed by atoms with Gasteiger partial charge in [0.25, 0.3) is 0 Å². The highest BCUT2D eigenvalue weighted by Crippen LogP contribution is 2.45. The molecule has 0 amide bonds. The van der Waals surface area contributed by atoms with Crippen molar-refractivity contribution >= 4 is 0 Å². The fourth-order valence-corrected chi connectivity index (χ4v) is 3.93. The summed E-state index contributed by atoms with van der Waals surface area (Å²) in [5.74, 6) is 0. The van der Waals surface area contributed by atoms with Crippen LogP contribution < -0.4 is 5.32 Å². The van der Waals surface area contributed by atoms with Crippen LogP contribution in [0.1, 0.15) is 64.4 Å². The fourth-order valence-electron chi connectivity index (χ4n) is 3.93. The first-order valence-electron chi connectivity index (χ1n) is 8.58. The van der Waals surface area contributed by atoms with Crippen LogP contribution in [-0.2, 0) is 6.42 Å². The molecule has 1 saturated carbocycles. The second kappa shape index (κ2) is 7.83. The molecule has 1 aliphatic carbocycles. The van der Waals surface area contributed by atoms with Gasteiger partial charge >= 0.3 is 0 Å². The predicted molar refractivity (Wildman–Crippen MR) is 88.0 cm³/mol. The van der Waals surface area contributed by atoms with Gasteiger partial charge in [0.2, 0.25) is 0 Å². The number of aryl methyl sites for hydroxylation is 1. The van der Waals surface area contributed by atoms with Crippen LogP contribution in [0, 0.1) is 5.41 Å². The Morgan fingerprint density at radius 1 is 1.10 bits per heavy atom. The highest BCUT2D eigenvalue weighted by Gasteiger charge is 2.38. The van der Waals surface area contributed by atoms with Gasteiger partial charge in [-0.25, -0.2) is 0 Å². The van der Waals surface area contributed by atoms with E-state index < -0.39 is 0 Å². The molecule has 0 aliphatic heterocycles. The lowest BCUT2D eigenvalue weighted by Gasteiger charge is -2.38. The van der Waals surface area contributed by atoms with Gasteiger partial charge < -0.3 is 5.32 Å². The summed E-state index contributed by atoms with van der Waals surface area (Å²) in [4.78, 5) is 0. The molecule has 1 nitrogen and oxygen atoms in total. The maximum atomic E-state index is 3.87. The Hall–Kier alpha value is -0.820. The predicted octanol–water partition coefficient (Wildman–Crippen LogP) is 4.96. The van der Waals surface area contributed by atoms with E-state index in [-0.39, 0.29) is 0 Å². The lowest BCUT2D eigenvalue weighted by atomic mass is 9.74. The Balaban J connectivity index is 1.99. The van der Waals surface area contributed by atoms with Gasteiger partial charge in [0.1, 0.15) is 0 Å². The van der Waals surface area contributed by atoms with E-state index in [1.54, 1.807) is 0 Å². The molecular weight excluding hydrogens is 242 g/mol. The molecule has 1 N–H and O–H groups in total. The average molecular weight is 273 g/mol. The van der Waals surface area contributed by atoms with Crippen molar-refractivity contribution in [3.63, 3.8) is 0 Å². The molecule has 1 aromatic carbocycles. The van der Waals surface area contributed by atoms with Crippen molar-refractivity contribution in [2.45, 2.75) is 71.3 Å². The highest BCUT2D eigenvalue weighted by molar-refractivity contribution is 5.15. The van der Waals surface area contributed by atoms with Crippen molar-refractivity contribution in [1.29, 1.82) is 0 Å². The van der Waals surface area contributed by atoms with Gasteiger partial charge in [-0.05, 0) is 56.0 Å². The molecule has 1 heteroatoms. The molecule has 0 aromatic heterocycles. The summed E-state index contributed by atoms with van der Waals surface area (Å²) in [7, 11) is 0. The summed E-state index contributed by atoms with van der Waals surface area (Å²) in [6, 6.07) is 11.7. The van der Waals surface area contributed by atoms with Crippen molar-refractivity contribution in [3.05, 3.63) is 35.9 Å². The van der Waals surface area contributed by atoms with Crippen LogP contribution in [0.3, 0.4) is 0 Å². The quantitative estimate of drug-likeness (QED) is 0.706. The third-order valence-corrected chi connectivity index (χ3v) is 5.25. The van der Waals surface area contributed by atoms with E-state index in [0.29, 0.717) is 11.5 Å². The van der Waals surface area contributed by atoms with Gasteiger partial charge in [0, 0.05) is 6.04 Å². The van der Waals surface area contributed by atoms with Gasteiger partial charge in [-0.2, -0.15) is 0 Å². The van der Waals surface area contributed by atoms with Crippen LogP contribution in [0.25, 0.3) is 0 Å². The third-order valence-electron chi connectivity index (χ3n) is 5.25. The van der Waals surface area contributed by atoms with Gasteiger partial charge in [-0.15, -0.1) is 0 Å². The Labute approximate surface area is 125 Å². The van der Waals surface area contributed by atoms with E-state index >= 15 is 0 Å². The molecule has 0 radical (unpaired) electrons. The monoisotopic (exact) mass is 273 g/mol. The van der Waals surface area contributed by atoms with Gasteiger partial charge in [-0.1, -0.05) is 57.0 Å². The SMILES string of the molecule is CCCNC(CCc1ccccc1)C1(CC)CCCC1. The molecule has 0 saturated heterocycles. The van der Waals surface area contributed by atoms with Crippen molar-refractivity contribution in [1.82, 2.24) is 5.32 Å². The lowest BCUT2D eigenvalue weighted by molar-refractivity contribution is 0.177. The number of benzene rings is 1. The van der Waals surface area contributed by atoms with Crippen LogP contribution >= 0.6 is 0 Å². The van der Waals surface area contributed by atoms with Crippen molar-refractivity contribution < 1.29 is 0 Å². The molecule has 1 aromatic rings. The highest BCUT2D eigenvalue weighted by atomic mass is 14.9. The van der Waals surface area contributed by atoms with Crippen molar-refractivity contribution in [3.8, 4) is 0 Å². The molecule has 112 valence electrons. The maximum Gasteiger partial charge on any atom is 0.0127 e. The van der Waals surface area contributed by atoms with E-state index in [1.165, 1.54) is 63.5 Å². The number of nitrogens with one attached hydrogen (secondary N) is 1. The van der Waals surface area contributed by atoms with Crippen LogP contribution in [-0.4, -0.2) is 12.6 Å². The zero-order valence-electron chi connectivity index (χ0n) is 13.3. The first-order chi connectivity index (χ1) is 9.80. The van der Waals surface area contributed by atoms with Gasteiger partial charge in [0.15, 0.2) is 0 Å². The summed E-state index contributed by atoms with van der Waals surface area (Å²) >= 11 is 0. The minimum absolute atomic E-state index is 0.573. The molecule has 1 atom stereocenters. The normalized spacial score (nSPS) is 19.1. The molecule has 0 bridgehead atoms. The van der Waals surface area contributed by atoms with E-state index in [1.807, 2.05) is 0 Å². The minimum atomic E-state index is 0.573. The maximum absolute atomic E-state index is 3.87. The second-order valence-corrected chi connectivity index (χ2v) is 6.45. The molecule has 20 heavy (non-hydrogen) atoms. The van der Waals surface area contributed by atoms with Crippen molar-refractivity contribution in [2.24, 2.45) is 5.41 Å². The summed E-state index contributed by atoms with van der Waals surface area (Å²) in [5, 5.41) is 3.87. The van der Waals surface area contributed by atoms with Crippen LogP contribution in [0.4, 0.5) is 0 Å².